The normalized spacial score (nSPS) is 20.3. The highest BCUT2D eigenvalue weighted by Crippen LogP contribution is 2.31. The molecule has 2 aliphatic heterocycles. The van der Waals surface area contributed by atoms with Crippen LogP contribution in [0.25, 0.3) is 0 Å². The van der Waals surface area contributed by atoms with Gasteiger partial charge in [-0.2, -0.15) is 0 Å². The molecule has 0 aromatic heterocycles. The van der Waals surface area contributed by atoms with E-state index in [2.05, 4.69) is 15.1 Å². The van der Waals surface area contributed by atoms with Crippen LogP contribution in [0.15, 0.2) is 42.5 Å². The maximum absolute atomic E-state index is 13.7. The smallest absolute Gasteiger partial charge is 0.335 e. The Hall–Kier alpha value is -3.51. The summed E-state index contributed by atoms with van der Waals surface area (Å²) in [5.74, 6) is -0.971. The van der Waals surface area contributed by atoms with Gasteiger partial charge < -0.3 is 29.9 Å². The first kappa shape index (κ1) is 31.4. The van der Waals surface area contributed by atoms with Crippen LogP contribution in [0.4, 0.5) is 5.69 Å². The Morgan fingerprint density at radius 2 is 1.86 bits per heavy atom. The molecule has 0 unspecified atom stereocenters. The second kappa shape index (κ2) is 14.6. The Bertz CT molecular complexity index is 1230. The molecule has 0 radical (unpaired) electrons. The van der Waals surface area contributed by atoms with Crippen molar-refractivity contribution in [2.75, 3.05) is 64.9 Å². The van der Waals surface area contributed by atoms with Gasteiger partial charge >= 0.3 is 5.97 Å². The third-order valence-electron chi connectivity index (χ3n) is 7.85. The number of benzene rings is 2. The molecule has 3 N–H and O–H groups in total. The van der Waals surface area contributed by atoms with Crippen LogP contribution in [-0.4, -0.2) is 114 Å². The van der Waals surface area contributed by atoms with Gasteiger partial charge in [-0.3, -0.25) is 19.4 Å². The zero-order valence-corrected chi connectivity index (χ0v) is 24.6. The molecule has 3 atom stereocenters. The molecule has 11 nitrogen and oxygen atoms in total. The van der Waals surface area contributed by atoms with Crippen LogP contribution in [0.1, 0.15) is 46.5 Å². The van der Waals surface area contributed by atoms with Crippen molar-refractivity contribution in [2.24, 2.45) is 5.92 Å². The molecule has 4 rings (SSSR count). The third kappa shape index (κ3) is 8.28. The lowest BCUT2D eigenvalue weighted by Gasteiger charge is -2.38. The minimum absolute atomic E-state index is 0.0486. The number of carbonyl (C=O) groups excluding carboxylic acids is 2. The van der Waals surface area contributed by atoms with Crippen LogP contribution >= 0.6 is 0 Å². The van der Waals surface area contributed by atoms with Gasteiger partial charge in [-0.1, -0.05) is 19.1 Å². The molecule has 2 aromatic carbocycles. The fraction of sp³-hybridized carbons (Fsp3) is 0.516. The highest BCUT2D eigenvalue weighted by Gasteiger charge is 2.33. The predicted molar refractivity (Wildman–Crippen MR) is 158 cm³/mol. The molecule has 228 valence electrons. The number of aliphatic hydroxyl groups is 1. The highest BCUT2D eigenvalue weighted by atomic mass is 16.5. The molecular weight excluding hydrogens is 540 g/mol. The zero-order chi connectivity index (χ0) is 30.2. The van der Waals surface area contributed by atoms with E-state index in [1.54, 1.807) is 47.4 Å². The summed E-state index contributed by atoms with van der Waals surface area (Å²) in [7, 11) is 1.97. The van der Waals surface area contributed by atoms with E-state index < -0.39 is 12.0 Å². The van der Waals surface area contributed by atoms with Gasteiger partial charge in [0.15, 0.2) is 0 Å². The first-order valence-corrected chi connectivity index (χ1v) is 14.5. The lowest BCUT2D eigenvalue weighted by atomic mass is 9.99. The Kier molecular flexibility index (Phi) is 10.9. The highest BCUT2D eigenvalue weighted by molar-refractivity contribution is 6.00. The Morgan fingerprint density at radius 3 is 2.52 bits per heavy atom. The van der Waals surface area contributed by atoms with Crippen molar-refractivity contribution >= 4 is 23.5 Å². The third-order valence-corrected chi connectivity index (χ3v) is 7.85. The molecule has 42 heavy (non-hydrogen) atoms. The Morgan fingerprint density at radius 1 is 1.14 bits per heavy atom. The van der Waals surface area contributed by atoms with Crippen molar-refractivity contribution in [3.8, 4) is 5.75 Å². The van der Waals surface area contributed by atoms with Crippen molar-refractivity contribution in [1.29, 1.82) is 0 Å². The molecule has 0 aliphatic carbocycles. The number of rotatable bonds is 11. The number of amides is 2. The summed E-state index contributed by atoms with van der Waals surface area (Å²) >= 11 is 0. The summed E-state index contributed by atoms with van der Waals surface area (Å²) in [5.41, 5.74) is 2.07. The van der Waals surface area contributed by atoms with E-state index in [9.17, 15) is 19.5 Å². The standard InChI is InChI=1S/C31H42N4O7/c1-21-17-35(22(2)20-36)30(38)26-16-25(32-29(37)10-11-34-12-14-41-15-13-34)8-9-27(26)42-28(21)19-33(3)18-23-4-6-24(7-5-23)31(39)40/h4-9,16,21-22,28,36H,10-15,17-20H2,1-3H3,(H,32,37)(H,39,40)/t21-,22-,28+/m0/s1. The number of hydrogen-bond donors (Lipinski definition) is 3. The molecule has 1 fully saturated rings. The van der Waals surface area contributed by atoms with Crippen LogP contribution in [-0.2, 0) is 16.1 Å². The number of fused-ring (bicyclic) bond motifs is 1. The monoisotopic (exact) mass is 582 g/mol. The number of carbonyl (C=O) groups is 3. The lowest BCUT2D eigenvalue weighted by Crippen LogP contribution is -2.49. The number of nitrogens with one attached hydrogen (secondary N) is 1. The number of aliphatic hydroxyl groups excluding tert-OH is 1. The number of likely N-dealkylation sites (N-methyl/N-ethyl adjacent to an activating group) is 1. The van der Waals surface area contributed by atoms with Gasteiger partial charge in [-0.05, 0) is 49.9 Å². The summed E-state index contributed by atoms with van der Waals surface area (Å²) < 4.78 is 11.8. The molecule has 0 spiro atoms. The van der Waals surface area contributed by atoms with Gasteiger partial charge in [0.25, 0.3) is 5.91 Å². The number of anilines is 1. The van der Waals surface area contributed by atoms with Crippen LogP contribution in [0, 0.1) is 5.92 Å². The van der Waals surface area contributed by atoms with Crippen molar-refractivity contribution in [3.05, 3.63) is 59.2 Å². The van der Waals surface area contributed by atoms with E-state index >= 15 is 0 Å². The first-order chi connectivity index (χ1) is 20.1. The molecule has 1 saturated heterocycles. The SMILES string of the molecule is C[C@H]1CN([C@@H](C)CO)C(=O)c2cc(NC(=O)CCN3CCOCC3)ccc2O[C@@H]1CN(C)Cc1ccc(C(=O)O)cc1. The van der Waals surface area contributed by atoms with E-state index in [-0.39, 0.29) is 36.0 Å². The summed E-state index contributed by atoms with van der Waals surface area (Å²) in [6.45, 7) is 8.79. The largest absolute Gasteiger partial charge is 0.488 e. The van der Waals surface area contributed by atoms with Crippen LogP contribution < -0.4 is 10.1 Å². The van der Waals surface area contributed by atoms with Gasteiger partial charge in [0.2, 0.25) is 5.91 Å². The molecule has 2 heterocycles. The van der Waals surface area contributed by atoms with Gasteiger partial charge in [-0.25, -0.2) is 4.79 Å². The van der Waals surface area contributed by atoms with Gasteiger partial charge in [-0.15, -0.1) is 0 Å². The van der Waals surface area contributed by atoms with E-state index in [1.165, 1.54) is 0 Å². The van der Waals surface area contributed by atoms with Gasteiger partial charge in [0, 0.05) is 57.3 Å². The Balaban J connectivity index is 1.49. The number of hydrogen-bond acceptors (Lipinski definition) is 8. The summed E-state index contributed by atoms with van der Waals surface area (Å²) in [5, 5.41) is 22.0. The van der Waals surface area contributed by atoms with Crippen LogP contribution in [0.3, 0.4) is 0 Å². The molecular formula is C31H42N4O7. The van der Waals surface area contributed by atoms with E-state index in [0.717, 1.165) is 18.7 Å². The summed E-state index contributed by atoms with van der Waals surface area (Å²) in [4.78, 5) is 43.6. The van der Waals surface area contributed by atoms with Gasteiger partial charge in [0.05, 0.1) is 37.0 Å². The molecule has 2 aromatic rings. The molecule has 2 amide bonds. The number of nitrogens with zero attached hydrogens (tertiary/aromatic N) is 3. The topological polar surface area (TPSA) is 132 Å². The average Bonchev–Trinajstić information content (AvgIpc) is 2.98. The van der Waals surface area contributed by atoms with Crippen molar-refractivity contribution in [1.82, 2.24) is 14.7 Å². The maximum atomic E-state index is 13.7. The van der Waals surface area contributed by atoms with E-state index in [1.807, 2.05) is 20.9 Å². The Labute approximate surface area is 247 Å². The van der Waals surface area contributed by atoms with E-state index in [4.69, 9.17) is 14.6 Å². The first-order valence-electron chi connectivity index (χ1n) is 14.5. The molecule has 0 bridgehead atoms. The van der Waals surface area contributed by atoms with E-state index in [0.29, 0.717) is 62.8 Å². The molecule has 2 aliphatic rings. The average molecular weight is 583 g/mol. The van der Waals surface area contributed by atoms with Gasteiger partial charge in [0.1, 0.15) is 11.9 Å². The minimum Gasteiger partial charge on any atom is -0.488 e. The van der Waals surface area contributed by atoms with Crippen LogP contribution in [0.5, 0.6) is 5.75 Å². The fourth-order valence-corrected chi connectivity index (χ4v) is 5.26. The number of morpholine rings is 1. The number of carboxylic acid groups (broad SMARTS) is 1. The molecule has 0 saturated carbocycles. The molecule has 11 heteroatoms. The van der Waals surface area contributed by atoms with Crippen molar-refractivity contribution in [2.45, 2.75) is 39.0 Å². The quantitative estimate of drug-likeness (QED) is 0.365. The van der Waals surface area contributed by atoms with Crippen LogP contribution in [0.2, 0.25) is 0 Å². The number of ether oxygens (including phenoxy) is 2. The zero-order valence-electron chi connectivity index (χ0n) is 24.6. The second-order valence-electron chi connectivity index (χ2n) is 11.3. The fourth-order valence-electron chi connectivity index (χ4n) is 5.26. The van der Waals surface area contributed by atoms with Crippen molar-refractivity contribution < 1.29 is 34.1 Å². The number of aromatic carboxylic acids is 1. The number of carboxylic acids is 1. The lowest BCUT2D eigenvalue weighted by molar-refractivity contribution is -0.116. The predicted octanol–water partition coefficient (Wildman–Crippen LogP) is 2.40. The second-order valence-corrected chi connectivity index (χ2v) is 11.3. The maximum Gasteiger partial charge on any atom is 0.335 e. The minimum atomic E-state index is -0.961. The summed E-state index contributed by atoms with van der Waals surface area (Å²) in [6.07, 6.45) is 0.0580. The summed E-state index contributed by atoms with van der Waals surface area (Å²) in [6, 6.07) is 11.5. The van der Waals surface area contributed by atoms with Crippen molar-refractivity contribution in [3.63, 3.8) is 0 Å².